The molecule has 4 nitrogen and oxygen atoms in total. The molecule has 0 aliphatic rings. The third-order valence-electron chi connectivity index (χ3n) is 4.06. The molecular formula is C20H17F3N2O2. The second-order valence-electron chi connectivity index (χ2n) is 6.16. The molecule has 0 atom stereocenters. The van der Waals surface area contributed by atoms with Crippen molar-refractivity contribution in [1.82, 2.24) is 4.98 Å². The number of alkyl halides is 3. The van der Waals surface area contributed by atoms with E-state index in [0.29, 0.717) is 28.1 Å². The third-order valence-corrected chi connectivity index (χ3v) is 4.06. The van der Waals surface area contributed by atoms with Crippen molar-refractivity contribution in [3.8, 4) is 0 Å². The number of fused-ring (bicyclic) bond motifs is 1. The molecule has 140 valence electrons. The number of aryl methyl sites for hydroxylation is 1. The summed E-state index contributed by atoms with van der Waals surface area (Å²) < 4.78 is 36.8. The second kappa shape index (κ2) is 7.28. The molecule has 1 amide bonds. The molecule has 1 aromatic heterocycles. The Hall–Kier alpha value is -3.06. The highest BCUT2D eigenvalue weighted by atomic mass is 19.4. The van der Waals surface area contributed by atoms with Crippen LogP contribution in [0.4, 0.5) is 18.9 Å². The van der Waals surface area contributed by atoms with Crippen molar-refractivity contribution in [2.24, 2.45) is 0 Å². The average Bonchev–Trinajstić information content (AvgIpc) is 3.01. The fourth-order valence-corrected chi connectivity index (χ4v) is 2.79. The van der Waals surface area contributed by atoms with E-state index in [2.05, 4.69) is 10.3 Å². The molecule has 0 aliphatic carbocycles. The summed E-state index contributed by atoms with van der Waals surface area (Å²) in [7, 11) is 0. The topological polar surface area (TPSA) is 65.1 Å². The van der Waals surface area contributed by atoms with E-state index in [4.69, 9.17) is 5.11 Å². The summed E-state index contributed by atoms with van der Waals surface area (Å²) in [5.74, 6) is -0.351. The molecule has 3 rings (SSSR count). The van der Waals surface area contributed by atoms with Crippen LogP contribution in [-0.4, -0.2) is 22.2 Å². The quantitative estimate of drug-likeness (QED) is 0.614. The highest BCUT2D eigenvalue weighted by Gasteiger charge is 2.21. The maximum absolute atomic E-state index is 12.5. The van der Waals surface area contributed by atoms with Crippen molar-refractivity contribution in [2.45, 2.75) is 19.7 Å². The molecule has 0 radical (unpaired) electrons. The number of aromatic nitrogens is 1. The van der Waals surface area contributed by atoms with Gasteiger partial charge in [-0.3, -0.25) is 4.79 Å². The Labute approximate surface area is 153 Å². The second-order valence-corrected chi connectivity index (χ2v) is 6.16. The van der Waals surface area contributed by atoms with Gasteiger partial charge in [-0.25, -0.2) is 0 Å². The van der Waals surface area contributed by atoms with E-state index in [1.54, 1.807) is 31.2 Å². The van der Waals surface area contributed by atoms with E-state index in [-0.39, 0.29) is 18.6 Å². The lowest BCUT2D eigenvalue weighted by Gasteiger charge is -2.09. The van der Waals surface area contributed by atoms with Gasteiger partial charge in [0.1, 0.15) is 0 Å². The Morgan fingerprint density at radius 1 is 1.19 bits per heavy atom. The number of aliphatic hydroxyl groups excluding tert-OH is 1. The highest BCUT2D eigenvalue weighted by molar-refractivity contribution is 6.06. The van der Waals surface area contributed by atoms with Crippen LogP contribution < -0.4 is 5.32 Å². The minimum Gasteiger partial charge on any atom is -0.390 e. The van der Waals surface area contributed by atoms with Crippen LogP contribution in [0.25, 0.3) is 17.0 Å². The molecule has 1 heterocycles. The Morgan fingerprint density at radius 2 is 1.96 bits per heavy atom. The van der Waals surface area contributed by atoms with E-state index >= 15 is 0 Å². The Bertz CT molecular complexity index is 1020. The van der Waals surface area contributed by atoms with E-state index in [0.717, 1.165) is 17.0 Å². The summed E-state index contributed by atoms with van der Waals surface area (Å²) in [5.41, 5.74) is 3.41. The summed E-state index contributed by atoms with van der Waals surface area (Å²) in [4.78, 5) is 15.5. The minimum absolute atomic E-state index is 0.106. The average molecular weight is 374 g/mol. The molecule has 3 aromatic rings. The first-order valence-electron chi connectivity index (χ1n) is 8.15. The molecular weight excluding hydrogens is 357 g/mol. The van der Waals surface area contributed by atoms with Crippen LogP contribution in [0.2, 0.25) is 0 Å². The number of nitrogens with one attached hydrogen (secondary N) is 2. The normalized spacial score (nSPS) is 12.0. The first kappa shape index (κ1) is 18.7. The van der Waals surface area contributed by atoms with E-state index < -0.39 is 6.18 Å². The lowest BCUT2D eigenvalue weighted by Crippen LogP contribution is -2.13. The first-order chi connectivity index (χ1) is 12.7. The van der Waals surface area contributed by atoms with Crippen molar-refractivity contribution in [1.29, 1.82) is 0 Å². The van der Waals surface area contributed by atoms with Crippen LogP contribution in [0.15, 0.2) is 48.5 Å². The smallest absolute Gasteiger partial charge is 0.390 e. The van der Waals surface area contributed by atoms with Crippen molar-refractivity contribution < 1.29 is 23.1 Å². The molecule has 0 bridgehead atoms. The van der Waals surface area contributed by atoms with E-state index in [1.807, 2.05) is 0 Å². The SMILES string of the molecule is Cc1cc(/C=C/C(F)(F)F)ccc1C(=O)Nc1ccc2[nH]c(CO)cc2c1. The number of anilines is 1. The third kappa shape index (κ3) is 4.57. The largest absolute Gasteiger partial charge is 0.409 e. The number of rotatable bonds is 4. The minimum atomic E-state index is -4.38. The molecule has 0 unspecified atom stereocenters. The summed E-state index contributed by atoms with van der Waals surface area (Å²) in [6, 6.07) is 11.6. The number of carbonyl (C=O) groups excluding carboxylic acids is 1. The van der Waals surface area contributed by atoms with Gasteiger partial charge in [0.25, 0.3) is 5.91 Å². The molecule has 0 saturated carbocycles. The number of benzene rings is 2. The molecule has 0 spiro atoms. The maximum atomic E-state index is 12.5. The fraction of sp³-hybridized carbons (Fsp3) is 0.150. The predicted molar refractivity (Wildman–Crippen MR) is 98.4 cm³/mol. The summed E-state index contributed by atoms with van der Waals surface area (Å²) in [6.45, 7) is 1.56. The number of H-pyrrole nitrogens is 1. The van der Waals surface area contributed by atoms with E-state index in [1.165, 1.54) is 18.2 Å². The molecule has 7 heteroatoms. The Balaban J connectivity index is 1.78. The standard InChI is InChI=1S/C20H17F3N2O2/c1-12-8-13(6-7-20(21,22)23)2-4-17(12)19(27)25-15-3-5-18-14(9-15)10-16(11-26)24-18/h2-10,24,26H,11H2,1H3,(H,25,27)/b7-6+. The molecule has 3 N–H and O–H groups in total. The van der Waals surface area contributed by atoms with Crippen LogP contribution >= 0.6 is 0 Å². The van der Waals surface area contributed by atoms with Gasteiger partial charge in [-0.15, -0.1) is 0 Å². The van der Waals surface area contributed by atoms with Gasteiger partial charge in [0.15, 0.2) is 0 Å². The lowest BCUT2D eigenvalue weighted by molar-refractivity contribution is -0.0790. The van der Waals surface area contributed by atoms with Gasteiger partial charge in [0, 0.05) is 33.9 Å². The molecule has 27 heavy (non-hydrogen) atoms. The zero-order valence-corrected chi connectivity index (χ0v) is 14.4. The number of amides is 1. The number of carbonyl (C=O) groups is 1. The van der Waals surface area contributed by atoms with Gasteiger partial charge in [0.2, 0.25) is 0 Å². The zero-order chi connectivity index (χ0) is 19.6. The number of aliphatic hydroxyl groups is 1. The van der Waals surface area contributed by atoms with Crippen LogP contribution in [0.1, 0.15) is 27.2 Å². The summed E-state index contributed by atoms with van der Waals surface area (Å²) in [5, 5.41) is 12.8. The van der Waals surface area contributed by atoms with Gasteiger partial charge >= 0.3 is 6.18 Å². The number of allylic oxidation sites excluding steroid dienone is 1. The Morgan fingerprint density at radius 3 is 2.63 bits per heavy atom. The summed E-state index contributed by atoms with van der Waals surface area (Å²) in [6.07, 6.45) is -3.25. The highest BCUT2D eigenvalue weighted by Crippen LogP contribution is 2.22. The van der Waals surface area contributed by atoms with Gasteiger partial charge in [0.05, 0.1) is 6.61 Å². The van der Waals surface area contributed by atoms with Crippen molar-refractivity contribution in [3.05, 3.63) is 70.9 Å². The number of hydrogen-bond acceptors (Lipinski definition) is 2. The molecule has 0 aliphatic heterocycles. The van der Waals surface area contributed by atoms with Gasteiger partial charge < -0.3 is 15.4 Å². The molecule has 0 saturated heterocycles. The molecule has 0 fully saturated rings. The lowest BCUT2D eigenvalue weighted by atomic mass is 10.0. The van der Waals surface area contributed by atoms with Crippen molar-refractivity contribution >= 4 is 28.6 Å². The number of aromatic amines is 1. The predicted octanol–water partition coefficient (Wildman–Crippen LogP) is 4.80. The Kier molecular flexibility index (Phi) is 5.05. The van der Waals surface area contributed by atoms with Crippen LogP contribution in [0.5, 0.6) is 0 Å². The van der Waals surface area contributed by atoms with Crippen LogP contribution in [0.3, 0.4) is 0 Å². The van der Waals surface area contributed by atoms with Crippen molar-refractivity contribution in [2.75, 3.05) is 5.32 Å². The maximum Gasteiger partial charge on any atom is 0.409 e. The first-order valence-corrected chi connectivity index (χ1v) is 8.15. The fourth-order valence-electron chi connectivity index (χ4n) is 2.79. The summed E-state index contributed by atoms with van der Waals surface area (Å²) >= 11 is 0. The van der Waals surface area contributed by atoms with Crippen molar-refractivity contribution in [3.63, 3.8) is 0 Å². The monoisotopic (exact) mass is 374 g/mol. The zero-order valence-electron chi connectivity index (χ0n) is 14.4. The van der Waals surface area contributed by atoms with Gasteiger partial charge in [-0.2, -0.15) is 13.2 Å². The van der Waals surface area contributed by atoms with Gasteiger partial charge in [-0.05, 0) is 48.4 Å². The van der Waals surface area contributed by atoms with Crippen LogP contribution in [0, 0.1) is 6.92 Å². The van der Waals surface area contributed by atoms with Gasteiger partial charge in [-0.1, -0.05) is 18.2 Å². The number of hydrogen-bond donors (Lipinski definition) is 3. The van der Waals surface area contributed by atoms with Crippen LogP contribution in [-0.2, 0) is 6.61 Å². The molecule has 2 aromatic carbocycles. The van der Waals surface area contributed by atoms with E-state index in [9.17, 15) is 18.0 Å². The number of halogens is 3.